The number of ether oxygens (including phenoxy) is 1. The van der Waals surface area contributed by atoms with Crippen LogP contribution in [0.1, 0.15) is 47.7 Å². The number of carbonyl (C=O) groups is 1. The van der Waals surface area contributed by atoms with Crippen LogP contribution in [0.3, 0.4) is 0 Å². The molecule has 0 amide bonds. The zero-order chi connectivity index (χ0) is 17.4. The summed E-state index contributed by atoms with van der Waals surface area (Å²) in [5, 5.41) is 0. The van der Waals surface area contributed by atoms with Gasteiger partial charge in [-0.25, -0.2) is 0 Å². The summed E-state index contributed by atoms with van der Waals surface area (Å²) in [7, 11) is 0. The van der Waals surface area contributed by atoms with Crippen LogP contribution in [-0.4, -0.2) is 12.4 Å². The summed E-state index contributed by atoms with van der Waals surface area (Å²) >= 11 is 0. The monoisotopic (exact) mass is 323 g/mol. The van der Waals surface area contributed by atoms with Crippen LogP contribution < -0.4 is 10.5 Å². The lowest BCUT2D eigenvalue weighted by Gasteiger charge is -2.06. The van der Waals surface area contributed by atoms with E-state index in [0.29, 0.717) is 17.9 Å². The molecular weight excluding hydrogens is 298 g/mol. The molecule has 2 rings (SSSR count). The molecule has 2 N–H and O–H groups in total. The number of benzene rings is 2. The Bertz CT molecular complexity index is 685. The minimum atomic E-state index is -0.106. The Balaban J connectivity index is 1.99. The van der Waals surface area contributed by atoms with Gasteiger partial charge in [0.25, 0.3) is 0 Å². The molecule has 0 fully saturated rings. The number of ketones is 1. The molecule has 2 aromatic carbocycles. The molecule has 0 heterocycles. The minimum Gasteiger partial charge on any atom is -0.494 e. The lowest BCUT2D eigenvalue weighted by Crippen LogP contribution is -2.03. The molecule has 3 heteroatoms. The average molecular weight is 323 g/mol. The summed E-state index contributed by atoms with van der Waals surface area (Å²) in [6.07, 6.45) is 4.86. The van der Waals surface area contributed by atoms with Gasteiger partial charge < -0.3 is 10.5 Å². The third-order valence-electron chi connectivity index (χ3n) is 3.83. The summed E-state index contributed by atoms with van der Waals surface area (Å²) in [6, 6.07) is 15.0. The van der Waals surface area contributed by atoms with Gasteiger partial charge in [0, 0.05) is 17.3 Å². The summed E-state index contributed by atoms with van der Waals surface area (Å²) in [5.74, 6) is 0.684. The Labute approximate surface area is 144 Å². The van der Waals surface area contributed by atoms with E-state index in [9.17, 15) is 4.79 Å². The first-order valence-corrected chi connectivity index (χ1v) is 8.41. The molecule has 0 spiro atoms. The van der Waals surface area contributed by atoms with E-state index in [4.69, 9.17) is 10.5 Å². The van der Waals surface area contributed by atoms with Gasteiger partial charge in [0.2, 0.25) is 0 Å². The van der Waals surface area contributed by atoms with Gasteiger partial charge in [-0.2, -0.15) is 0 Å². The van der Waals surface area contributed by atoms with Crippen molar-refractivity contribution in [1.29, 1.82) is 0 Å². The number of hydrogen-bond acceptors (Lipinski definition) is 3. The molecule has 3 nitrogen and oxygen atoms in total. The molecule has 0 aromatic heterocycles. The van der Waals surface area contributed by atoms with E-state index in [-0.39, 0.29) is 5.78 Å². The molecular formula is C21H25NO2. The fourth-order valence-electron chi connectivity index (χ4n) is 2.31. The third kappa shape index (κ3) is 5.27. The van der Waals surface area contributed by atoms with Gasteiger partial charge >= 0.3 is 0 Å². The van der Waals surface area contributed by atoms with Crippen LogP contribution in [0.5, 0.6) is 5.75 Å². The van der Waals surface area contributed by atoms with Gasteiger partial charge in [0.1, 0.15) is 5.75 Å². The van der Waals surface area contributed by atoms with E-state index in [1.165, 1.54) is 18.9 Å². The van der Waals surface area contributed by atoms with Crippen molar-refractivity contribution in [2.45, 2.75) is 33.1 Å². The first-order valence-electron chi connectivity index (χ1n) is 8.41. The SMILES string of the molecule is CCCCCOc1ccc(C(=O)C=C(N)c2ccc(C)cc2)cc1. The highest BCUT2D eigenvalue weighted by molar-refractivity contribution is 6.08. The molecule has 0 aliphatic heterocycles. The summed E-state index contributed by atoms with van der Waals surface area (Å²) < 4.78 is 5.65. The van der Waals surface area contributed by atoms with Crippen LogP contribution in [0, 0.1) is 6.92 Å². The second kappa shape index (κ2) is 8.92. The molecule has 0 aliphatic rings. The molecule has 0 aliphatic carbocycles. The molecule has 0 radical (unpaired) electrons. The van der Waals surface area contributed by atoms with Gasteiger partial charge in [-0.1, -0.05) is 49.6 Å². The Hall–Kier alpha value is -2.55. The quantitative estimate of drug-likeness (QED) is 0.433. The lowest BCUT2D eigenvalue weighted by atomic mass is 10.1. The van der Waals surface area contributed by atoms with Gasteiger partial charge in [-0.15, -0.1) is 0 Å². The molecule has 126 valence electrons. The fraction of sp³-hybridized carbons (Fsp3) is 0.286. The number of rotatable bonds is 8. The van der Waals surface area contributed by atoms with E-state index in [2.05, 4.69) is 6.92 Å². The molecule has 0 bridgehead atoms. The van der Waals surface area contributed by atoms with Gasteiger partial charge in [0.05, 0.1) is 6.61 Å². The van der Waals surface area contributed by atoms with Crippen molar-refractivity contribution < 1.29 is 9.53 Å². The first kappa shape index (κ1) is 17.8. The maximum absolute atomic E-state index is 12.3. The Kier molecular flexibility index (Phi) is 6.62. The van der Waals surface area contributed by atoms with Crippen molar-refractivity contribution >= 4 is 11.5 Å². The lowest BCUT2D eigenvalue weighted by molar-refractivity contribution is 0.104. The number of carbonyl (C=O) groups excluding carboxylic acids is 1. The molecule has 0 saturated heterocycles. The maximum atomic E-state index is 12.3. The zero-order valence-electron chi connectivity index (χ0n) is 14.4. The van der Waals surface area contributed by atoms with Crippen molar-refractivity contribution in [3.63, 3.8) is 0 Å². The molecule has 0 unspecified atom stereocenters. The normalized spacial score (nSPS) is 11.3. The molecule has 24 heavy (non-hydrogen) atoms. The summed E-state index contributed by atoms with van der Waals surface area (Å²) in [6.45, 7) is 4.89. The predicted molar refractivity (Wildman–Crippen MR) is 99.1 cm³/mol. The Morgan fingerprint density at radius 1 is 1.00 bits per heavy atom. The topological polar surface area (TPSA) is 52.3 Å². The number of nitrogens with two attached hydrogens (primary N) is 1. The average Bonchev–Trinajstić information content (AvgIpc) is 2.59. The van der Waals surface area contributed by atoms with Gasteiger partial charge in [-0.05, 0) is 43.2 Å². The smallest absolute Gasteiger partial charge is 0.187 e. The minimum absolute atomic E-state index is 0.106. The largest absolute Gasteiger partial charge is 0.494 e. The number of hydrogen-bond donors (Lipinski definition) is 1. The van der Waals surface area contributed by atoms with Crippen LogP contribution in [0.25, 0.3) is 5.70 Å². The fourth-order valence-corrected chi connectivity index (χ4v) is 2.31. The second-order valence-electron chi connectivity index (χ2n) is 5.91. The summed E-state index contributed by atoms with van der Waals surface area (Å²) in [5.41, 5.74) is 9.11. The van der Waals surface area contributed by atoms with Crippen molar-refractivity contribution in [3.8, 4) is 5.75 Å². The van der Waals surface area contributed by atoms with Gasteiger partial charge in [-0.3, -0.25) is 4.79 Å². The van der Waals surface area contributed by atoms with Gasteiger partial charge in [0.15, 0.2) is 5.78 Å². The van der Waals surface area contributed by atoms with Crippen molar-refractivity contribution in [2.75, 3.05) is 6.61 Å². The van der Waals surface area contributed by atoms with E-state index in [0.717, 1.165) is 23.3 Å². The van der Waals surface area contributed by atoms with E-state index < -0.39 is 0 Å². The van der Waals surface area contributed by atoms with Crippen molar-refractivity contribution in [3.05, 3.63) is 71.3 Å². The summed E-state index contributed by atoms with van der Waals surface area (Å²) in [4.78, 5) is 12.3. The molecule has 2 aromatic rings. The van der Waals surface area contributed by atoms with Crippen LogP contribution in [0.2, 0.25) is 0 Å². The first-order chi connectivity index (χ1) is 11.6. The number of aryl methyl sites for hydroxylation is 1. The second-order valence-corrected chi connectivity index (χ2v) is 5.91. The Morgan fingerprint density at radius 2 is 1.62 bits per heavy atom. The highest BCUT2D eigenvalue weighted by atomic mass is 16.5. The maximum Gasteiger partial charge on any atom is 0.187 e. The van der Waals surface area contributed by atoms with Crippen molar-refractivity contribution in [1.82, 2.24) is 0 Å². The number of allylic oxidation sites excluding steroid dienone is 1. The van der Waals surface area contributed by atoms with E-state index in [1.54, 1.807) is 12.1 Å². The van der Waals surface area contributed by atoms with Crippen LogP contribution in [0.15, 0.2) is 54.6 Å². The van der Waals surface area contributed by atoms with Crippen LogP contribution in [-0.2, 0) is 0 Å². The molecule has 0 saturated carbocycles. The zero-order valence-corrected chi connectivity index (χ0v) is 14.4. The Morgan fingerprint density at radius 3 is 2.25 bits per heavy atom. The predicted octanol–water partition coefficient (Wildman–Crippen LogP) is 4.75. The van der Waals surface area contributed by atoms with E-state index in [1.807, 2.05) is 43.3 Å². The molecule has 0 atom stereocenters. The van der Waals surface area contributed by atoms with Crippen molar-refractivity contribution in [2.24, 2.45) is 5.73 Å². The van der Waals surface area contributed by atoms with Crippen LogP contribution in [0.4, 0.5) is 0 Å². The highest BCUT2D eigenvalue weighted by Crippen LogP contribution is 2.16. The standard InChI is InChI=1S/C21H25NO2/c1-3-4-5-14-24-19-12-10-18(11-13-19)21(23)15-20(22)17-8-6-16(2)7-9-17/h6-13,15H,3-5,14,22H2,1-2H3. The van der Waals surface area contributed by atoms with E-state index >= 15 is 0 Å². The number of unbranched alkanes of at least 4 members (excludes halogenated alkanes) is 2. The highest BCUT2D eigenvalue weighted by Gasteiger charge is 2.05. The van der Waals surface area contributed by atoms with Crippen LogP contribution >= 0.6 is 0 Å². The third-order valence-corrected chi connectivity index (χ3v) is 3.83.